The van der Waals surface area contributed by atoms with Crippen LogP contribution in [0, 0.1) is 11.8 Å². The maximum atomic E-state index is 11.8. The number of amides is 1. The molecular weight excluding hydrogens is 260 g/mol. The highest BCUT2D eigenvalue weighted by Gasteiger charge is 2.22. The van der Waals surface area contributed by atoms with Crippen LogP contribution in [0.5, 0.6) is 0 Å². The van der Waals surface area contributed by atoms with Crippen LogP contribution in [0.25, 0.3) is 0 Å². The second-order valence-corrected chi connectivity index (χ2v) is 5.58. The van der Waals surface area contributed by atoms with Crippen molar-refractivity contribution in [2.45, 2.75) is 39.2 Å². The van der Waals surface area contributed by atoms with Gasteiger partial charge in [0.15, 0.2) is 0 Å². The number of rotatable bonds is 8. The van der Waals surface area contributed by atoms with Crippen molar-refractivity contribution in [3.63, 3.8) is 0 Å². The van der Waals surface area contributed by atoms with Crippen molar-refractivity contribution in [2.75, 3.05) is 26.2 Å². The Morgan fingerprint density at radius 2 is 2.15 bits per heavy atom. The molecular formula is C14H26N2O4. The van der Waals surface area contributed by atoms with Crippen LogP contribution < -0.4 is 10.6 Å². The lowest BCUT2D eigenvalue weighted by Gasteiger charge is -2.24. The third-order valence-electron chi connectivity index (χ3n) is 3.71. The molecule has 1 amide bonds. The monoisotopic (exact) mass is 286 g/mol. The average molecular weight is 286 g/mol. The molecule has 1 rings (SSSR count). The quantitative estimate of drug-likeness (QED) is 0.609. The Balaban J connectivity index is 2.25. The van der Waals surface area contributed by atoms with Gasteiger partial charge >= 0.3 is 5.97 Å². The van der Waals surface area contributed by atoms with Gasteiger partial charge in [-0.05, 0) is 24.7 Å². The zero-order valence-electron chi connectivity index (χ0n) is 12.4. The largest absolute Gasteiger partial charge is 0.481 e. The number of hydrogen-bond donors (Lipinski definition) is 3. The summed E-state index contributed by atoms with van der Waals surface area (Å²) in [5.74, 6) is -0.116. The molecule has 1 saturated heterocycles. The van der Waals surface area contributed by atoms with Gasteiger partial charge < -0.3 is 20.5 Å². The fraction of sp³-hybridized carbons (Fsp3) is 0.857. The predicted octanol–water partition coefficient (Wildman–Crippen LogP) is 0.618. The molecule has 2 unspecified atom stereocenters. The van der Waals surface area contributed by atoms with Crippen molar-refractivity contribution in [3.05, 3.63) is 0 Å². The highest BCUT2D eigenvalue weighted by atomic mass is 16.5. The third-order valence-corrected chi connectivity index (χ3v) is 3.71. The van der Waals surface area contributed by atoms with E-state index < -0.39 is 12.1 Å². The summed E-state index contributed by atoms with van der Waals surface area (Å²) in [6.45, 7) is 6.64. The molecule has 0 aromatic heterocycles. The maximum absolute atomic E-state index is 11.8. The smallest absolute Gasteiger partial charge is 0.303 e. The van der Waals surface area contributed by atoms with Gasteiger partial charge in [0, 0.05) is 26.1 Å². The first-order valence-electron chi connectivity index (χ1n) is 7.32. The van der Waals surface area contributed by atoms with E-state index in [-0.39, 0.29) is 12.3 Å². The van der Waals surface area contributed by atoms with Crippen LogP contribution in [-0.4, -0.2) is 49.3 Å². The molecule has 1 aliphatic heterocycles. The standard InChI is InChI=1S/C14H26N2O4/c1-10(2)11(3-4-13(17)18)5-6-16-14(19)12-9-15-7-8-20-12/h10-12,15H,3-9H2,1-2H3,(H,16,19)(H,17,18). The van der Waals surface area contributed by atoms with Crippen LogP contribution in [0.2, 0.25) is 0 Å². The lowest BCUT2D eigenvalue weighted by atomic mass is 9.88. The van der Waals surface area contributed by atoms with Crippen LogP contribution in [0.3, 0.4) is 0 Å². The molecule has 0 saturated carbocycles. The summed E-state index contributed by atoms with van der Waals surface area (Å²) in [6, 6.07) is 0. The zero-order chi connectivity index (χ0) is 15.0. The van der Waals surface area contributed by atoms with Crippen molar-refractivity contribution < 1.29 is 19.4 Å². The fourth-order valence-corrected chi connectivity index (χ4v) is 2.35. The summed E-state index contributed by atoms with van der Waals surface area (Å²) in [6.07, 6.45) is 1.24. The molecule has 0 aliphatic carbocycles. The Morgan fingerprint density at radius 1 is 1.40 bits per heavy atom. The van der Waals surface area contributed by atoms with Crippen LogP contribution in [-0.2, 0) is 14.3 Å². The van der Waals surface area contributed by atoms with E-state index >= 15 is 0 Å². The van der Waals surface area contributed by atoms with Gasteiger partial charge in [-0.15, -0.1) is 0 Å². The van der Waals surface area contributed by atoms with E-state index in [4.69, 9.17) is 9.84 Å². The number of morpholine rings is 1. The first kappa shape index (κ1) is 16.9. The van der Waals surface area contributed by atoms with E-state index in [1.807, 2.05) is 0 Å². The summed E-state index contributed by atoms with van der Waals surface area (Å²) >= 11 is 0. The van der Waals surface area contributed by atoms with Crippen LogP contribution in [0.4, 0.5) is 0 Å². The first-order chi connectivity index (χ1) is 9.50. The van der Waals surface area contributed by atoms with Crippen LogP contribution in [0.15, 0.2) is 0 Å². The van der Waals surface area contributed by atoms with Crippen molar-refractivity contribution in [1.82, 2.24) is 10.6 Å². The predicted molar refractivity (Wildman–Crippen MR) is 75.4 cm³/mol. The fourth-order valence-electron chi connectivity index (χ4n) is 2.35. The molecule has 0 bridgehead atoms. The Morgan fingerprint density at radius 3 is 2.70 bits per heavy atom. The summed E-state index contributed by atoms with van der Waals surface area (Å²) in [7, 11) is 0. The molecule has 1 aliphatic rings. The summed E-state index contributed by atoms with van der Waals surface area (Å²) in [5.41, 5.74) is 0. The topological polar surface area (TPSA) is 87.7 Å². The molecule has 3 N–H and O–H groups in total. The Kier molecular flexibility index (Phi) is 7.54. The molecule has 1 fully saturated rings. The maximum Gasteiger partial charge on any atom is 0.303 e. The average Bonchev–Trinajstić information content (AvgIpc) is 2.42. The molecule has 20 heavy (non-hydrogen) atoms. The molecule has 6 nitrogen and oxygen atoms in total. The number of nitrogens with one attached hydrogen (secondary N) is 2. The van der Waals surface area contributed by atoms with Gasteiger partial charge in [-0.3, -0.25) is 9.59 Å². The molecule has 0 spiro atoms. The SMILES string of the molecule is CC(C)C(CCNC(=O)C1CNCCO1)CCC(=O)O. The summed E-state index contributed by atoms with van der Waals surface area (Å²) in [4.78, 5) is 22.5. The van der Waals surface area contributed by atoms with Crippen molar-refractivity contribution >= 4 is 11.9 Å². The Bertz CT molecular complexity index is 314. The van der Waals surface area contributed by atoms with Gasteiger partial charge in [0.25, 0.3) is 0 Å². The summed E-state index contributed by atoms with van der Waals surface area (Å²) < 4.78 is 5.37. The van der Waals surface area contributed by atoms with E-state index in [1.165, 1.54) is 0 Å². The van der Waals surface area contributed by atoms with Crippen molar-refractivity contribution in [1.29, 1.82) is 0 Å². The molecule has 0 radical (unpaired) electrons. The highest BCUT2D eigenvalue weighted by Crippen LogP contribution is 2.20. The van der Waals surface area contributed by atoms with Gasteiger partial charge in [0.05, 0.1) is 6.61 Å². The van der Waals surface area contributed by atoms with Crippen LogP contribution in [0.1, 0.15) is 33.1 Å². The van der Waals surface area contributed by atoms with Gasteiger partial charge in [0.2, 0.25) is 5.91 Å². The minimum atomic E-state index is -0.763. The third kappa shape index (κ3) is 6.34. The molecule has 116 valence electrons. The number of ether oxygens (including phenoxy) is 1. The lowest BCUT2D eigenvalue weighted by molar-refractivity contribution is -0.137. The zero-order valence-corrected chi connectivity index (χ0v) is 12.4. The van der Waals surface area contributed by atoms with E-state index in [0.717, 1.165) is 13.0 Å². The molecule has 0 aromatic carbocycles. The Labute approximate surface area is 120 Å². The Hall–Kier alpha value is -1.14. The number of aliphatic carboxylic acids is 1. The van der Waals surface area contributed by atoms with E-state index in [1.54, 1.807) is 0 Å². The second-order valence-electron chi connectivity index (χ2n) is 5.58. The molecule has 1 heterocycles. The minimum absolute atomic E-state index is 0.0852. The van der Waals surface area contributed by atoms with Crippen molar-refractivity contribution in [3.8, 4) is 0 Å². The highest BCUT2D eigenvalue weighted by molar-refractivity contribution is 5.81. The number of hydrogen-bond acceptors (Lipinski definition) is 4. The van der Waals surface area contributed by atoms with Crippen molar-refractivity contribution in [2.24, 2.45) is 11.8 Å². The lowest BCUT2D eigenvalue weighted by Crippen LogP contribution is -2.48. The van der Waals surface area contributed by atoms with E-state index in [9.17, 15) is 9.59 Å². The summed E-state index contributed by atoms with van der Waals surface area (Å²) in [5, 5.41) is 14.7. The van der Waals surface area contributed by atoms with Gasteiger partial charge in [-0.2, -0.15) is 0 Å². The van der Waals surface area contributed by atoms with Gasteiger partial charge in [0.1, 0.15) is 6.10 Å². The molecule has 2 atom stereocenters. The number of carboxylic acids is 1. The second kappa shape index (κ2) is 8.92. The van der Waals surface area contributed by atoms with Crippen LogP contribution >= 0.6 is 0 Å². The number of carboxylic acid groups (broad SMARTS) is 1. The number of carbonyl (C=O) groups excluding carboxylic acids is 1. The first-order valence-corrected chi connectivity index (χ1v) is 7.32. The normalized spacial score (nSPS) is 20.6. The molecule has 6 heteroatoms. The van der Waals surface area contributed by atoms with E-state index in [2.05, 4.69) is 24.5 Å². The number of carbonyl (C=O) groups is 2. The minimum Gasteiger partial charge on any atom is -0.481 e. The van der Waals surface area contributed by atoms with Gasteiger partial charge in [-0.25, -0.2) is 0 Å². The van der Waals surface area contributed by atoms with Gasteiger partial charge in [-0.1, -0.05) is 13.8 Å². The molecule has 0 aromatic rings. The van der Waals surface area contributed by atoms with E-state index in [0.29, 0.717) is 38.0 Å².